The van der Waals surface area contributed by atoms with E-state index < -0.39 is 37.3 Å². The van der Waals surface area contributed by atoms with Crippen molar-refractivity contribution in [1.82, 2.24) is 0 Å². The van der Waals surface area contributed by atoms with Crippen molar-refractivity contribution in [2.24, 2.45) is 0 Å². The minimum absolute atomic E-state index is 0.0523. The average Bonchev–Trinajstić information content (AvgIpc) is 2.42. The SMILES string of the molecule is O=C(Nc1ccc(F)c(F)c1)c1ccc(F)c(S(=O)(=O)Cl)c1. The Morgan fingerprint density at radius 2 is 1.59 bits per heavy atom. The van der Waals surface area contributed by atoms with Crippen LogP contribution in [-0.2, 0) is 9.05 Å². The van der Waals surface area contributed by atoms with Crippen molar-refractivity contribution in [3.05, 3.63) is 59.4 Å². The molecule has 22 heavy (non-hydrogen) atoms. The lowest BCUT2D eigenvalue weighted by Gasteiger charge is -2.07. The predicted octanol–water partition coefficient (Wildman–Crippen LogP) is 3.28. The molecule has 0 radical (unpaired) electrons. The van der Waals surface area contributed by atoms with Gasteiger partial charge in [-0.3, -0.25) is 4.79 Å². The number of carbonyl (C=O) groups excluding carboxylic acids is 1. The van der Waals surface area contributed by atoms with Crippen molar-refractivity contribution >= 4 is 31.3 Å². The van der Waals surface area contributed by atoms with Crippen molar-refractivity contribution < 1.29 is 26.4 Å². The van der Waals surface area contributed by atoms with E-state index >= 15 is 0 Å². The van der Waals surface area contributed by atoms with Gasteiger partial charge in [0.25, 0.3) is 15.0 Å². The maximum Gasteiger partial charge on any atom is 0.264 e. The Kier molecular flexibility index (Phi) is 4.43. The van der Waals surface area contributed by atoms with Gasteiger partial charge in [0, 0.05) is 28.0 Å². The Morgan fingerprint density at radius 3 is 2.18 bits per heavy atom. The molecule has 9 heteroatoms. The Hall–Kier alpha value is -2.06. The Labute approximate surface area is 127 Å². The first-order valence-corrected chi connectivity index (χ1v) is 8.00. The summed E-state index contributed by atoms with van der Waals surface area (Å²) in [5.41, 5.74) is -0.270. The lowest BCUT2D eigenvalue weighted by atomic mass is 10.2. The fourth-order valence-corrected chi connectivity index (χ4v) is 2.53. The summed E-state index contributed by atoms with van der Waals surface area (Å²) in [6.45, 7) is 0. The minimum atomic E-state index is -4.37. The fourth-order valence-electron chi connectivity index (χ4n) is 1.61. The monoisotopic (exact) mass is 349 g/mol. The number of amides is 1. The largest absolute Gasteiger partial charge is 0.322 e. The Balaban J connectivity index is 2.32. The first-order valence-electron chi connectivity index (χ1n) is 5.69. The van der Waals surface area contributed by atoms with Crippen molar-refractivity contribution in [2.75, 3.05) is 5.32 Å². The molecule has 1 amide bonds. The van der Waals surface area contributed by atoms with Gasteiger partial charge in [-0.1, -0.05) is 0 Å². The Bertz CT molecular complexity index is 856. The van der Waals surface area contributed by atoms with Gasteiger partial charge in [0.2, 0.25) is 0 Å². The second-order valence-electron chi connectivity index (χ2n) is 4.17. The van der Waals surface area contributed by atoms with Crippen LogP contribution in [0.25, 0.3) is 0 Å². The number of rotatable bonds is 3. The summed E-state index contributed by atoms with van der Waals surface area (Å²) in [5, 5.41) is 2.22. The van der Waals surface area contributed by atoms with E-state index in [9.17, 15) is 26.4 Å². The molecule has 0 spiro atoms. The van der Waals surface area contributed by atoms with E-state index in [-0.39, 0.29) is 11.3 Å². The van der Waals surface area contributed by atoms with Crippen molar-refractivity contribution in [3.63, 3.8) is 0 Å². The van der Waals surface area contributed by atoms with E-state index in [4.69, 9.17) is 10.7 Å². The van der Waals surface area contributed by atoms with Crippen LogP contribution < -0.4 is 5.32 Å². The molecule has 0 unspecified atom stereocenters. The summed E-state index contributed by atoms with van der Waals surface area (Å²) in [6, 6.07) is 5.19. The number of hydrogen-bond acceptors (Lipinski definition) is 3. The number of anilines is 1. The van der Waals surface area contributed by atoms with Crippen LogP contribution in [-0.4, -0.2) is 14.3 Å². The van der Waals surface area contributed by atoms with E-state index in [0.717, 1.165) is 36.4 Å². The normalized spacial score (nSPS) is 11.3. The van der Waals surface area contributed by atoms with E-state index in [1.54, 1.807) is 0 Å². The van der Waals surface area contributed by atoms with Gasteiger partial charge in [-0.2, -0.15) is 0 Å². The number of halogens is 4. The lowest BCUT2D eigenvalue weighted by Crippen LogP contribution is -2.13. The van der Waals surface area contributed by atoms with Crippen molar-refractivity contribution in [3.8, 4) is 0 Å². The number of carbonyl (C=O) groups is 1. The number of hydrogen-bond donors (Lipinski definition) is 1. The maximum atomic E-state index is 13.4. The maximum absolute atomic E-state index is 13.4. The highest BCUT2D eigenvalue weighted by molar-refractivity contribution is 8.13. The van der Waals surface area contributed by atoms with Crippen LogP contribution in [0, 0.1) is 17.5 Å². The van der Waals surface area contributed by atoms with Crippen molar-refractivity contribution in [1.29, 1.82) is 0 Å². The highest BCUT2D eigenvalue weighted by Gasteiger charge is 2.19. The topological polar surface area (TPSA) is 63.2 Å². The zero-order chi connectivity index (χ0) is 16.5. The van der Waals surface area contributed by atoms with Crippen LogP contribution in [0.15, 0.2) is 41.3 Å². The van der Waals surface area contributed by atoms with Gasteiger partial charge in [0.15, 0.2) is 11.6 Å². The highest BCUT2D eigenvalue weighted by atomic mass is 35.7. The molecule has 0 aliphatic heterocycles. The number of benzene rings is 2. The van der Waals surface area contributed by atoms with Crippen LogP contribution in [0.5, 0.6) is 0 Å². The van der Waals surface area contributed by atoms with Gasteiger partial charge in [-0.05, 0) is 30.3 Å². The quantitative estimate of drug-likeness (QED) is 0.865. The zero-order valence-corrected chi connectivity index (χ0v) is 12.2. The van der Waals surface area contributed by atoms with Gasteiger partial charge in [0.05, 0.1) is 0 Å². The highest BCUT2D eigenvalue weighted by Crippen LogP contribution is 2.21. The molecule has 4 nitrogen and oxygen atoms in total. The lowest BCUT2D eigenvalue weighted by molar-refractivity contribution is 0.102. The molecule has 0 fully saturated rings. The zero-order valence-electron chi connectivity index (χ0n) is 10.6. The van der Waals surface area contributed by atoms with Crippen LogP contribution in [0.3, 0.4) is 0 Å². The van der Waals surface area contributed by atoms with Gasteiger partial charge >= 0.3 is 0 Å². The van der Waals surface area contributed by atoms with Crippen molar-refractivity contribution in [2.45, 2.75) is 4.90 Å². The first-order chi connectivity index (χ1) is 10.2. The third-order valence-corrected chi connectivity index (χ3v) is 3.97. The summed E-state index contributed by atoms with van der Waals surface area (Å²) >= 11 is 0. The molecular formula is C13H7ClF3NO3S. The molecule has 0 aromatic heterocycles. The molecule has 2 aromatic rings. The minimum Gasteiger partial charge on any atom is -0.322 e. The molecule has 0 saturated heterocycles. The molecule has 0 atom stereocenters. The molecular weight excluding hydrogens is 343 g/mol. The summed E-state index contributed by atoms with van der Waals surface area (Å²) in [7, 11) is 0.681. The molecule has 0 bridgehead atoms. The van der Waals surface area contributed by atoms with E-state index in [1.165, 1.54) is 0 Å². The average molecular weight is 350 g/mol. The third-order valence-electron chi connectivity index (χ3n) is 2.63. The van der Waals surface area contributed by atoms with Crippen LogP contribution in [0.1, 0.15) is 10.4 Å². The molecule has 1 N–H and O–H groups in total. The predicted molar refractivity (Wildman–Crippen MR) is 73.8 cm³/mol. The standard InChI is InChI=1S/C13H7ClF3NO3S/c14-22(20,21)12-5-7(1-3-10(12)16)13(19)18-8-2-4-9(15)11(17)6-8/h1-6H,(H,18,19). The van der Waals surface area contributed by atoms with Crippen LogP contribution in [0.4, 0.5) is 18.9 Å². The van der Waals surface area contributed by atoms with Crippen LogP contribution >= 0.6 is 10.7 Å². The van der Waals surface area contributed by atoms with Gasteiger partial charge in [-0.15, -0.1) is 0 Å². The van der Waals surface area contributed by atoms with Gasteiger partial charge in [-0.25, -0.2) is 21.6 Å². The van der Waals surface area contributed by atoms with Gasteiger partial charge < -0.3 is 5.32 Å². The summed E-state index contributed by atoms with van der Waals surface area (Å²) in [5.74, 6) is -4.21. The molecule has 2 aromatic carbocycles. The molecule has 116 valence electrons. The van der Waals surface area contributed by atoms with E-state index in [2.05, 4.69) is 5.32 Å². The second kappa shape index (κ2) is 5.98. The molecule has 2 rings (SSSR count). The van der Waals surface area contributed by atoms with E-state index in [0.29, 0.717) is 0 Å². The summed E-state index contributed by atoms with van der Waals surface area (Å²) in [6.07, 6.45) is 0. The van der Waals surface area contributed by atoms with Gasteiger partial charge in [0.1, 0.15) is 10.7 Å². The molecule has 0 aliphatic rings. The molecule has 0 aliphatic carbocycles. The molecule has 0 heterocycles. The van der Waals surface area contributed by atoms with E-state index in [1.807, 2.05) is 0 Å². The first kappa shape index (κ1) is 16.3. The Morgan fingerprint density at radius 1 is 0.955 bits per heavy atom. The third kappa shape index (κ3) is 3.58. The second-order valence-corrected chi connectivity index (χ2v) is 6.70. The molecule has 0 saturated carbocycles. The summed E-state index contributed by atoms with van der Waals surface area (Å²) in [4.78, 5) is 11.1. The van der Waals surface area contributed by atoms with Crippen LogP contribution in [0.2, 0.25) is 0 Å². The fraction of sp³-hybridized carbons (Fsp3) is 0. The number of nitrogens with one attached hydrogen (secondary N) is 1. The smallest absolute Gasteiger partial charge is 0.264 e. The summed E-state index contributed by atoms with van der Waals surface area (Å²) < 4.78 is 61.5.